The molecule has 0 amide bonds. The summed E-state index contributed by atoms with van der Waals surface area (Å²) in [5.74, 6) is 0.483. The summed E-state index contributed by atoms with van der Waals surface area (Å²) in [5, 5.41) is 0. The van der Waals surface area contributed by atoms with Gasteiger partial charge in [0.05, 0.1) is 0 Å². The van der Waals surface area contributed by atoms with Gasteiger partial charge in [0.15, 0.2) is 0 Å². The normalized spacial score (nSPS) is 12.5. The van der Waals surface area contributed by atoms with Gasteiger partial charge in [0.2, 0.25) is 0 Å². The predicted molar refractivity (Wildman–Crippen MR) is 54.6 cm³/mol. The van der Waals surface area contributed by atoms with Gasteiger partial charge in [-0.2, -0.15) is 0 Å². The monoisotopic (exact) mass is 176 g/mol. The van der Waals surface area contributed by atoms with Crippen LogP contribution < -0.4 is 0 Å². The van der Waals surface area contributed by atoms with Crippen molar-refractivity contribution in [1.82, 2.24) is 0 Å². The van der Waals surface area contributed by atoms with Crippen LogP contribution in [0, 0.1) is 5.92 Å². The van der Waals surface area contributed by atoms with Crippen LogP contribution in [0.2, 0.25) is 0 Å². The highest BCUT2D eigenvalue weighted by Crippen LogP contribution is 2.09. The summed E-state index contributed by atoms with van der Waals surface area (Å²) < 4.78 is 0. The first kappa shape index (κ1) is 9.97. The first-order valence-corrected chi connectivity index (χ1v) is 4.74. The Bertz CT molecular complexity index is 264. The average molecular weight is 176 g/mol. The van der Waals surface area contributed by atoms with E-state index in [1.165, 1.54) is 5.56 Å². The zero-order valence-electron chi connectivity index (χ0n) is 8.29. The third-order valence-corrected chi connectivity index (χ3v) is 2.40. The molecule has 0 saturated heterocycles. The molecule has 0 aromatic heterocycles. The smallest absolute Gasteiger partial charge is 0.132 e. The SMILES string of the molecule is CC(=O)[C@@H](C)CCc1ccccc1. The summed E-state index contributed by atoms with van der Waals surface area (Å²) in [6, 6.07) is 10.3. The Morgan fingerprint density at radius 1 is 1.31 bits per heavy atom. The molecule has 0 spiro atoms. The second kappa shape index (κ2) is 4.80. The van der Waals surface area contributed by atoms with Crippen LogP contribution in [0.5, 0.6) is 0 Å². The molecular weight excluding hydrogens is 160 g/mol. The quantitative estimate of drug-likeness (QED) is 0.689. The average Bonchev–Trinajstić information content (AvgIpc) is 2.15. The highest BCUT2D eigenvalue weighted by molar-refractivity contribution is 5.77. The number of aryl methyl sites for hydroxylation is 1. The maximum Gasteiger partial charge on any atom is 0.132 e. The second-order valence-corrected chi connectivity index (χ2v) is 3.54. The molecule has 1 rings (SSSR count). The molecule has 1 nitrogen and oxygen atoms in total. The number of hydrogen-bond donors (Lipinski definition) is 0. The predicted octanol–water partition coefficient (Wildman–Crippen LogP) is 2.84. The molecule has 0 N–H and O–H groups in total. The lowest BCUT2D eigenvalue weighted by Gasteiger charge is -2.06. The van der Waals surface area contributed by atoms with Crippen LogP contribution in [0.1, 0.15) is 25.8 Å². The highest BCUT2D eigenvalue weighted by atomic mass is 16.1. The summed E-state index contributed by atoms with van der Waals surface area (Å²) >= 11 is 0. The third kappa shape index (κ3) is 3.41. The standard InChI is InChI=1S/C12H16O/c1-10(11(2)13)8-9-12-6-4-3-5-7-12/h3-7,10H,8-9H2,1-2H3/t10-/m0/s1. The van der Waals surface area contributed by atoms with Crippen LogP contribution in [-0.2, 0) is 11.2 Å². The van der Waals surface area contributed by atoms with Crippen molar-refractivity contribution in [2.75, 3.05) is 0 Å². The van der Waals surface area contributed by atoms with E-state index in [0.29, 0.717) is 0 Å². The van der Waals surface area contributed by atoms with Crippen molar-refractivity contribution in [3.8, 4) is 0 Å². The van der Waals surface area contributed by atoms with E-state index in [4.69, 9.17) is 0 Å². The van der Waals surface area contributed by atoms with Gasteiger partial charge in [-0.05, 0) is 25.3 Å². The summed E-state index contributed by atoms with van der Waals surface area (Å²) in [4.78, 5) is 11.0. The van der Waals surface area contributed by atoms with E-state index < -0.39 is 0 Å². The van der Waals surface area contributed by atoms with Crippen LogP contribution in [0.15, 0.2) is 30.3 Å². The Labute approximate surface area is 79.8 Å². The Hall–Kier alpha value is -1.11. The van der Waals surface area contributed by atoms with Crippen LogP contribution in [0.4, 0.5) is 0 Å². The van der Waals surface area contributed by atoms with E-state index in [-0.39, 0.29) is 11.7 Å². The topological polar surface area (TPSA) is 17.1 Å². The third-order valence-electron chi connectivity index (χ3n) is 2.40. The van der Waals surface area contributed by atoms with Crippen molar-refractivity contribution >= 4 is 5.78 Å². The van der Waals surface area contributed by atoms with Crippen LogP contribution in [-0.4, -0.2) is 5.78 Å². The molecule has 0 aliphatic rings. The number of Topliss-reactive ketones (excluding diaryl/α,β-unsaturated/α-hetero) is 1. The molecule has 0 radical (unpaired) electrons. The minimum absolute atomic E-state index is 0.195. The number of benzene rings is 1. The van der Waals surface area contributed by atoms with Crippen molar-refractivity contribution in [3.05, 3.63) is 35.9 Å². The Morgan fingerprint density at radius 3 is 2.46 bits per heavy atom. The summed E-state index contributed by atoms with van der Waals surface area (Å²) in [6.07, 6.45) is 1.96. The van der Waals surface area contributed by atoms with E-state index in [1.54, 1.807) is 6.92 Å². The molecule has 1 heteroatoms. The molecule has 13 heavy (non-hydrogen) atoms. The zero-order valence-corrected chi connectivity index (χ0v) is 8.29. The van der Waals surface area contributed by atoms with Gasteiger partial charge >= 0.3 is 0 Å². The van der Waals surface area contributed by atoms with E-state index in [1.807, 2.05) is 25.1 Å². The van der Waals surface area contributed by atoms with Gasteiger partial charge in [-0.3, -0.25) is 4.79 Å². The first-order chi connectivity index (χ1) is 6.20. The van der Waals surface area contributed by atoms with E-state index in [9.17, 15) is 4.79 Å². The van der Waals surface area contributed by atoms with Gasteiger partial charge in [-0.1, -0.05) is 37.3 Å². The van der Waals surface area contributed by atoms with Crippen LogP contribution in [0.3, 0.4) is 0 Å². The van der Waals surface area contributed by atoms with Crippen LogP contribution >= 0.6 is 0 Å². The van der Waals surface area contributed by atoms with Gasteiger partial charge in [0.1, 0.15) is 5.78 Å². The van der Waals surface area contributed by atoms with Crippen molar-refractivity contribution < 1.29 is 4.79 Å². The van der Waals surface area contributed by atoms with Gasteiger partial charge < -0.3 is 0 Å². The molecule has 0 aliphatic carbocycles. The van der Waals surface area contributed by atoms with Gasteiger partial charge in [-0.25, -0.2) is 0 Å². The van der Waals surface area contributed by atoms with Crippen molar-refractivity contribution in [1.29, 1.82) is 0 Å². The van der Waals surface area contributed by atoms with Crippen LogP contribution in [0.25, 0.3) is 0 Å². The Balaban J connectivity index is 2.39. The second-order valence-electron chi connectivity index (χ2n) is 3.54. The minimum atomic E-state index is 0.195. The molecule has 1 aromatic carbocycles. The van der Waals surface area contributed by atoms with E-state index >= 15 is 0 Å². The molecule has 1 atom stereocenters. The number of rotatable bonds is 4. The van der Waals surface area contributed by atoms with Gasteiger partial charge in [0, 0.05) is 5.92 Å². The maximum atomic E-state index is 11.0. The molecule has 0 heterocycles. The molecular formula is C12H16O. The molecule has 70 valence electrons. The zero-order chi connectivity index (χ0) is 9.68. The van der Waals surface area contributed by atoms with E-state index in [2.05, 4.69) is 12.1 Å². The largest absolute Gasteiger partial charge is 0.300 e. The molecule has 0 fully saturated rings. The highest BCUT2D eigenvalue weighted by Gasteiger charge is 2.06. The Morgan fingerprint density at radius 2 is 1.92 bits per heavy atom. The molecule has 0 saturated carbocycles. The lowest BCUT2D eigenvalue weighted by atomic mass is 9.98. The molecule has 0 unspecified atom stereocenters. The summed E-state index contributed by atoms with van der Waals surface area (Å²) in [5.41, 5.74) is 1.32. The molecule has 0 bridgehead atoms. The number of carbonyl (C=O) groups is 1. The fraction of sp³-hybridized carbons (Fsp3) is 0.417. The minimum Gasteiger partial charge on any atom is -0.300 e. The first-order valence-electron chi connectivity index (χ1n) is 4.74. The van der Waals surface area contributed by atoms with E-state index in [0.717, 1.165) is 12.8 Å². The molecule has 1 aromatic rings. The fourth-order valence-corrected chi connectivity index (χ4v) is 1.23. The number of ketones is 1. The van der Waals surface area contributed by atoms with Crippen molar-refractivity contribution in [2.45, 2.75) is 26.7 Å². The number of carbonyl (C=O) groups excluding carboxylic acids is 1. The molecule has 0 aliphatic heterocycles. The number of hydrogen-bond acceptors (Lipinski definition) is 1. The van der Waals surface area contributed by atoms with Crippen molar-refractivity contribution in [3.63, 3.8) is 0 Å². The Kier molecular flexibility index (Phi) is 3.69. The maximum absolute atomic E-state index is 11.0. The summed E-state index contributed by atoms with van der Waals surface area (Å²) in [7, 11) is 0. The fourth-order valence-electron chi connectivity index (χ4n) is 1.23. The van der Waals surface area contributed by atoms with Gasteiger partial charge in [0.25, 0.3) is 0 Å². The lowest BCUT2D eigenvalue weighted by molar-refractivity contribution is -0.120. The lowest BCUT2D eigenvalue weighted by Crippen LogP contribution is -2.07. The van der Waals surface area contributed by atoms with Crippen molar-refractivity contribution in [2.24, 2.45) is 5.92 Å². The summed E-state index contributed by atoms with van der Waals surface area (Å²) in [6.45, 7) is 3.65. The van der Waals surface area contributed by atoms with Gasteiger partial charge in [-0.15, -0.1) is 0 Å².